The first-order valence-electron chi connectivity index (χ1n) is 8.65. The molecule has 0 saturated heterocycles. The summed E-state index contributed by atoms with van der Waals surface area (Å²) in [5.74, 6) is -0.731. The zero-order valence-electron chi connectivity index (χ0n) is 14.3. The molecular formula is C21H22FNO2. The molecule has 1 aliphatic rings. The van der Waals surface area contributed by atoms with Gasteiger partial charge in [0.2, 0.25) is 5.91 Å². The molecule has 3 nitrogen and oxygen atoms in total. The summed E-state index contributed by atoms with van der Waals surface area (Å²) in [6.45, 7) is 1.46. The fraction of sp³-hybridized carbons (Fsp3) is 0.333. The van der Waals surface area contributed by atoms with Crippen LogP contribution < -0.4 is 5.32 Å². The molecule has 0 heterocycles. The van der Waals surface area contributed by atoms with Crippen LogP contribution in [-0.4, -0.2) is 11.7 Å². The van der Waals surface area contributed by atoms with E-state index in [4.69, 9.17) is 0 Å². The Morgan fingerprint density at radius 3 is 2.52 bits per heavy atom. The summed E-state index contributed by atoms with van der Waals surface area (Å²) in [5.41, 5.74) is 2.85. The summed E-state index contributed by atoms with van der Waals surface area (Å²) < 4.78 is 14.1. The number of carbonyl (C=O) groups excluding carboxylic acids is 2. The molecule has 0 saturated carbocycles. The molecule has 2 aromatic carbocycles. The van der Waals surface area contributed by atoms with Crippen LogP contribution in [0.4, 0.5) is 4.39 Å². The molecule has 0 spiro atoms. The molecule has 1 N–H and O–H groups in total. The van der Waals surface area contributed by atoms with Crippen LogP contribution in [0.1, 0.15) is 42.5 Å². The molecule has 130 valence electrons. The lowest BCUT2D eigenvalue weighted by Gasteiger charge is -2.26. The average Bonchev–Trinajstić information content (AvgIpc) is 2.60. The number of aryl methyl sites for hydroxylation is 1. The van der Waals surface area contributed by atoms with Crippen LogP contribution >= 0.6 is 0 Å². The molecule has 3 rings (SSSR count). The molecule has 2 atom stereocenters. The summed E-state index contributed by atoms with van der Waals surface area (Å²) in [5, 5.41) is 2.91. The lowest BCUT2D eigenvalue weighted by atomic mass is 9.83. The Bertz CT molecular complexity index is 787. The van der Waals surface area contributed by atoms with Crippen molar-refractivity contribution in [1.29, 1.82) is 0 Å². The van der Waals surface area contributed by atoms with E-state index in [2.05, 4.69) is 17.4 Å². The molecule has 0 bridgehead atoms. The van der Waals surface area contributed by atoms with Crippen molar-refractivity contribution in [3.63, 3.8) is 0 Å². The normalized spacial score (nSPS) is 17.4. The number of nitrogens with one attached hydrogen (secondary N) is 1. The van der Waals surface area contributed by atoms with Crippen molar-refractivity contribution in [3.8, 4) is 0 Å². The Morgan fingerprint density at radius 1 is 1.12 bits per heavy atom. The Morgan fingerprint density at radius 2 is 1.80 bits per heavy atom. The van der Waals surface area contributed by atoms with E-state index in [1.807, 2.05) is 12.1 Å². The van der Waals surface area contributed by atoms with Gasteiger partial charge in [-0.3, -0.25) is 9.59 Å². The highest BCUT2D eigenvalue weighted by molar-refractivity contribution is 5.82. The van der Waals surface area contributed by atoms with Crippen molar-refractivity contribution in [3.05, 3.63) is 71.0 Å². The van der Waals surface area contributed by atoms with E-state index in [-0.39, 0.29) is 24.0 Å². The van der Waals surface area contributed by atoms with Crippen LogP contribution in [0, 0.1) is 11.7 Å². The molecular weight excluding hydrogens is 317 g/mol. The average molecular weight is 339 g/mol. The third-order valence-electron chi connectivity index (χ3n) is 4.81. The third-order valence-corrected chi connectivity index (χ3v) is 4.81. The Balaban J connectivity index is 1.75. The van der Waals surface area contributed by atoms with Crippen LogP contribution in [0.15, 0.2) is 48.5 Å². The molecule has 0 aromatic heterocycles. The lowest BCUT2D eigenvalue weighted by molar-refractivity contribution is -0.126. The minimum absolute atomic E-state index is 0.0810. The molecule has 2 aromatic rings. The number of fused-ring (bicyclic) bond motifs is 1. The number of hydrogen-bond donors (Lipinski definition) is 1. The molecule has 1 aliphatic carbocycles. The molecule has 2 unspecified atom stereocenters. The van der Waals surface area contributed by atoms with Crippen LogP contribution in [0.2, 0.25) is 0 Å². The molecule has 25 heavy (non-hydrogen) atoms. The van der Waals surface area contributed by atoms with E-state index >= 15 is 0 Å². The van der Waals surface area contributed by atoms with Crippen molar-refractivity contribution >= 4 is 11.7 Å². The van der Waals surface area contributed by atoms with Gasteiger partial charge in [-0.2, -0.15) is 0 Å². The number of amides is 1. The van der Waals surface area contributed by atoms with Gasteiger partial charge in [-0.05, 0) is 43.4 Å². The van der Waals surface area contributed by atoms with Gasteiger partial charge in [0.25, 0.3) is 0 Å². The minimum atomic E-state index is -0.622. The maximum atomic E-state index is 14.1. The largest absolute Gasteiger partial charge is 0.348 e. The number of rotatable bonds is 5. The summed E-state index contributed by atoms with van der Waals surface area (Å²) in [6.07, 6.45) is 2.42. The Labute approximate surface area is 147 Å². The van der Waals surface area contributed by atoms with Crippen LogP contribution in [0.3, 0.4) is 0 Å². The fourth-order valence-corrected chi connectivity index (χ4v) is 3.50. The quantitative estimate of drug-likeness (QED) is 0.901. The number of hydrogen-bond acceptors (Lipinski definition) is 2. The SMILES string of the molecule is CC(=O)CC(NC(=O)C1CCc2ccccc2C1)c1ccccc1F. The van der Waals surface area contributed by atoms with Crippen LogP contribution in [-0.2, 0) is 22.4 Å². The van der Waals surface area contributed by atoms with Crippen molar-refractivity contribution in [2.75, 3.05) is 0 Å². The van der Waals surface area contributed by atoms with Gasteiger partial charge in [0.05, 0.1) is 6.04 Å². The van der Waals surface area contributed by atoms with E-state index in [1.54, 1.807) is 18.2 Å². The second-order valence-corrected chi connectivity index (χ2v) is 6.70. The van der Waals surface area contributed by atoms with E-state index in [0.29, 0.717) is 12.0 Å². The van der Waals surface area contributed by atoms with Gasteiger partial charge in [-0.1, -0.05) is 42.5 Å². The highest BCUT2D eigenvalue weighted by Crippen LogP contribution is 2.27. The monoisotopic (exact) mass is 339 g/mol. The number of carbonyl (C=O) groups is 2. The molecule has 0 radical (unpaired) electrons. The van der Waals surface area contributed by atoms with Gasteiger partial charge in [-0.25, -0.2) is 4.39 Å². The van der Waals surface area contributed by atoms with Crippen LogP contribution in [0.25, 0.3) is 0 Å². The van der Waals surface area contributed by atoms with Crippen molar-refractivity contribution in [1.82, 2.24) is 5.32 Å². The zero-order chi connectivity index (χ0) is 17.8. The smallest absolute Gasteiger partial charge is 0.223 e. The van der Waals surface area contributed by atoms with E-state index in [0.717, 1.165) is 12.8 Å². The maximum absolute atomic E-state index is 14.1. The zero-order valence-corrected chi connectivity index (χ0v) is 14.3. The number of benzene rings is 2. The molecule has 0 fully saturated rings. The first-order chi connectivity index (χ1) is 12.0. The van der Waals surface area contributed by atoms with Gasteiger partial charge < -0.3 is 5.32 Å². The van der Waals surface area contributed by atoms with Gasteiger partial charge in [0.15, 0.2) is 0 Å². The van der Waals surface area contributed by atoms with E-state index in [9.17, 15) is 14.0 Å². The molecule has 1 amide bonds. The first-order valence-corrected chi connectivity index (χ1v) is 8.65. The van der Waals surface area contributed by atoms with Crippen molar-refractivity contribution in [2.45, 2.75) is 38.6 Å². The minimum Gasteiger partial charge on any atom is -0.348 e. The summed E-state index contributed by atoms with van der Waals surface area (Å²) in [7, 11) is 0. The number of Topliss-reactive ketones (excluding diaryl/α,β-unsaturated/α-hetero) is 1. The van der Waals surface area contributed by atoms with E-state index < -0.39 is 11.9 Å². The molecule has 0 aliphatic heterocycles. The summed E-state index contributed by atoms with van der Waals surface area (Å²) in [6, 6.07) is 13.8. The Hall–Kier alpha value is -2.49. The second-order valence-electron chi connectivity index (χ2n) is 6.70. The van der Waals surface area contributed by atoms with Crippen LogP contribution in [0.5, 0.6) is 0 Å². The predicted octanol–water partition coefficient (Wildman–Crippen LogP) is 3.77. The highest BCUT2D eigenvalue weighted by atomic mass is 19.1. The highest BCUT2D eigenvalue weighted by Gasteiger charge is 2.27. The van der Waals surface area contributed by atoms with Crippen molar-refractivity contribution in [2.24, 2.45) is 5.92 Å². The number of halogens is 1. The van der Waals surface area contributed by atoms with E-state index in [1.165, 1.54) is 24.1 Å². The standard InChI is InChI=1S/C21H22FNO2/c1-14(24)12-20(18-8-4-5-9-19(18)22)23-21(25)17-11-10-15-6-2-3-7-16(15)13-17/h2-9,17,20H,10-13H2,1H3,(H,23,25). The second kappa shape index (κ2) is 7.60. The van der Waals surface area contributed by atoms with Gasteiger partial charge >= 0.3 is 0 Å². The predicted molar refractivity (Wildman–Crippen MR) is 94.5 cm³/mol. The Kier molecular flexibility index (Phi) is 5.27. The lowest BCUT2D eigenvalue weighted by Crippen LogP contribution is -2.37. The van der Waals surface area contributed by atoms with Gasteiger partial charge in [0, 0.05) is 17.9 Å². The summed E-state index contributed by atoms with van der Waals surface area (Å²) >= 11 is 0. The number of ketones is 1. The topological polar surface area (TPSA) is 46.2 Å². The summed E-state index contributed by atoms with van der Waals surface area (Å²) in [4.78, 5) is 24.3. The van der Waals surface area contributed by atoms with Gasteiger partial charge in [-0.15, -0.1) is 0 Å². The van der Waals surface area contributed by atoms with Gasteiger partial charge in [0.1, 0.15) is 11.6 Å². The first kappa shape index (κ1) is 17.3. The third kappa shape index (κ3) is 4.13. The molecule has 4 heteroatoms. The van der Waals surface area contributed by atoms with Crippen molar-refractivity contribution < 1.29 is 14.0 Å². The fourth-order valence-electron chi connectivity index (χ4n) is 3.50. The maximum Gasteiger partial charge on any atom is 0.223 e.